The van der Waals surface area contributed by atoms with Crippen molar-refractivity contribution in [3.8, 4) is 11.5 Å². The Morgan fingerprint density at radius 2 is 1.83 bits per heavy atom. The molecule has 0 amide bonds. The Labute approximate surface area is 109 Å². The molecule has 1 atom stereocenters. The van der Waals surface area contributed by atoms with Crippen molar-refractivity contribution >= 4 is 22.4 Å². The van der Waals surface area contributed by atoms with E-state index in [2.05, 4.69) is 22.3 Å². The predicted molar refractivity (Wildman–Crippen MR) is 71.5 cm³/mol. The summed E-state index contributed by atoms with van der Waals surface area (Å²) in [4.78, 5) is 0. The predicted octanol–water partition coefficient (Wildman–Crippen LogP) is 4.19. The highest BCUT2D eigenvalue weighted by atomic mass is 35.5. The van der Waals surface area contributed by atoms with Crippen LogP contribution in [0.1, 0.15) is 18.2 Å². The van der Waals surface area contributed by atoms with E-state index in [1.165, 1.54) is 0 Å². The second kappa shape index (κ2) is 4.42. The average molecular weight is 259 g/mol. The van der Waals surface area contributed by atoms with Crippen LogP contribution in [-0.4, -0.2) is 10.2 Å². The number of hydrogen-bond acceptors (Lipinski definition) is 3. The monoisotopic (exact) mass is 258 g/mol. The van der Waals surface area contributed by atoms with Gasteiger partial charge in [-0.2, -0.15) is 0 Å². The number of benzene rings is 2. The average Bonchev–Trinajstić information content (AvgIpc) is 2.87. The number of hydrogen-bond donors (Lipinski definition) is 0. The standard InChI is InChI=1S/C14H11ClN2O/c1-9(15)13-16-17-14(18-13)12-8-4-6-10-5-2-3-7-11(10)12/h2-9H,1H3. The van der Waals surface area contributed by atoms with Gasteiger partial charge in [-0.25, -0.2) is 0 Å². The summed E-state index contributed by atoms with van der Waals surface area (Å²) in [6, 6.07) is 14.1. The van der Waals surface area contributed by atoms with Crippen molar-refractivity contribution in [2.75, 3.05) is 0 Å². The van der Waals surface area contributed by atoms with Gasteiger partial charge in [0.15, 0.2) is 0 Å². The van der Waals surface area contributed by atoms with Gasteiger partial charge in [0, 0.05) is 5.56 Å². The molecule has 0 radical (unpaired) electrons. The maximum absolute atomic E-state index is 5.93. The molecule has 3 aromatic rings. The van der Waals surface area contributed by atoms with Gasteiger partial charge >= 0.3 is 0 Å². The number of halogens is 1. The van der Waals surface area contributed by atoms with Gasteiger partial charge in [0.2, 0.25) is 11.8 Å². The molecule has 3 nitrogen and oxygen atoms in total. The minimum Gasteiger partial charge on any atom is -0.419 e. The lowest BCUT2D eigenvalue weighted by atomic mass is 10.0. The molecular weight excluding hydrogens is 248 g/mol. The van der Waals surface area contributed by atoms with Crippen molar-refractivity contribution in [1.29, 1.82) is 0 Å². The Balaban J connectivity index is 2.18. The maximum atomic E-state index is 5.93. The third kappa shape index (κ3) is 1.87. The summed E-state index contributed by atoms with van der Waals surface area (Å²) in [6.45, 7) is 1.81. The lowest BCUT2D eigenvalue weighted by Crippen LogP contribution is -1.82. The number of rotatable bonds is 2. The largest absolute Gasteiger partial charge is 0.419 e. The molecule has 0 bridgehead atoms. The minimum atomic E-state index is -0.277. The second-order valence-electron chi connectivity index (χ2n) is 4.09. The number of alkyl halides is 1. The van der Waals surface area contributed by atoms with Crippen LogP contribution >= 0.6 is 11.6 Å². The summed E-state index contributed by atoms with van der Waals surface area (Å²) < 4.78 is 5.59. The third-order valence-corrected chi connectivity index (χ3v) is 2.99. The van der Waals surface area contributed by atoms with Gasteiger partial charge in [0.05, 0.1) is 0 Å². The van der Waals surface area contributed by atoms with Gasteiger partial charge in [-0.05, 0) is 23.8 Å². The normalized spacial score (nSPS) is 12.8. The summed E-state index contributed by atoms with van der Waals surface area (Å²) in [5, 5.41) is 9.97. The molecule has 1 heterocycles. The zero-order valence-corrected chi connectivity index (χ0v) is 10.6. The fraction of sp³-hybridized carbons (Fsp3) is 0.143. The van der Waals surface area contributed by atoms with Crippen LogP contribution in [0, 0.1) is 0 Å². The van der Waals surface area contributed by atoms with E-state index in [-0.39, 0.29) is 5.38 Å². The molecule has 18 heavy (non-hydrogen) atoms. The van der Waals surface area contributed by atoms with E-state index < -0.39 is 0 Å². The van der Waals surface area contributed by atoms with Gasteiger partial charge in [-0.3, -0.25) is 0 Å². The van der Waals surface area contributed by atoms with Crippen LogP contribution < -0.4 is 0 Å². The van der Waals surface area contributed by atoms with Crippen LogP contribution in [0.4, 0.5) is 0 Å². The zero-order chi connectivity index (χ0) is 12.5. The van der Waals surface area contributed by atoms with E-state index in [9.17, 15) is 0 Å². The first-order valence-electron chi connectivity index (χ1n) is 5.71. The first-order chi connectivity index (χ1) is 8.75. The second-order valence-corrected chi connectivity index (χ2v) is 4.74. The van der Waals surface area contributed by atoms with Crippen LogP contribution in [0.25, 0.3) is 22.2 Å². The smallest absolute Gasteiger partial charge is 0.248 e. The van der Waals surface area contributed by atoms with Crippen LogP contribution in [0.5, 0.6) is 0 Å². The highest BCUT2D eigenvalue weighted by Gasteiger charge is 2.14. The summed E-state index contributed by atoms with van der Waals surface area (Å²) in [5.74, 6) is 0.953. The van der Waals surface area contributed by atoms with Crippen molar-refractivity contribution in [2.24, 2.45) is 0 Å². The fourth-order valence-electron chi connectivity index (χ4n) is 1.92. The molecule has 3 rings (SSSR count). The van der Waals surface area contributed by atoms with Crippen molar-refractivity contribution in [3.63, 3.8) is 0 Å². The molecule has 0 N–H and O–H groups in total. The molecule has 2 aromatic carbocycles. The Morgan fingerprint density at radius 1 is 1.06 bits per heavy atom. The minimum absolute atomic E-state index is 0.277. The highest BCUT2D eigenvalue weighted by molar-refractivity contribution is 6.20. The van der Waals surface area contributed by atoms with Crippen molar-refractivity contribution in [2.45, 2.75) is 12.3 Å². The van der Waals surface area contributed by atoms with E-state index in [0.29, 0.717) is 11.8 Å². The molecule has 1 unspecified atom stereocenters. The fourth-order valence-corrected chi connectivity index (χ4v) is 2.00. The quantitative estimate of drug-likeness (QED) is 0.647. The molecule has 1 aromatic heterocycles. The first-order valence-corrected chi connectivity index (χ1v) is 6.15. The van der Waals surface area contributed by atoms with Gasteiger partial charge in [-0.1, -0.05) is 36.4 Å². The number of aromatic nitrogens is 2. The van der Waals surface area contributed by atoms with Gasteiger partial charge in [0.25, 0.3) is 0 Å². The third-order valence-electron chi connectivity index (χ3n) is 2.80. The van der Waals surface area contributed by atoms with Crippen LogP contribution in [-0.2, 0) is 0 Å². The molecule has 0 saturated carbocycles. The van der Waals surface area contributed by atoms with Crippen molar-refractivity contribution < 1.29 is 4.42 Å². The molecule has 0 fully saturated rings. The highest BCUT2D eigenvalue weighted by Crippen LogP contribution is 2.29. The van der Waals surface area contributed by atoms with E-state index >= 15 is 0 Å². The van der Waals surface area contributed by atoms with Crippen LogP contribution in [0.2, 0.25) is 0 Å². The molecular formula is C14H11ClN2O. The van der Waals surface area contributed by atoms with Crippen LogP contribution in [0.15, 0.2) is 46.9 Å². The molecule has 0 aliphatic heterocycles. The van der Waals surface area contributed by atoms with Gasteiger partial charge < -0.3 is 4.42 Å². The van der Waals surface area contributed by atoms with E-state index in [4.69, 9.17) is 16.0 Å². The Morgan fingerprint density at radius 3 is 2.61 bits per heavy atom. The Kier molecular flexibility index (Phi) is 2.76. The first kappa shape index (κ1) is 11.2. The zero-order valence-electron chi connectivity index (χ0n) is 9.80. The molecule has 0 spiro atoms. The molecule has 0 saturated heterocycles. The Hall–Kier alpha value is -1.87. The summed E-state index contributed by atoms with van der Waals surface area (Å²) in [7, 11) is 0. The molecule has 90 valence electrons. The topological polar surface area (TPSA) is 38.9 Å². The van der Waals surface area contributed by atoms with E-state index in [0.717, 1.165) is 16.3 Å². The van der Waals surface area contributed by atoms with Crippen molar-refractivity contribution in [1.82, 2.24) is 10.2 Å². The summed E-state index contributed by atoms with van der Waals surface area (Å²) >= 11 is 5.93. The van der Waals surface area contributed by atoms with Gasteiger partial charge in [0.1, 0.15) is 5.38 Å². The SMILES string of the molecule is CC(Cl)c1nnc(-c2cccc3ccccc23)o1. The summed E-state index contributed by atoms with van der Waals surface area (Å²) in [5.41, 5.74) is 0.934. The van der Waals surface area contributed by atoms with Crippen molar-refractivity contribution in [3.05, 3.63) is 48.4 Å². The van der Waals surface area contributed by atoms with Crippen LogP contribution in [0.3, 0.4) is 0 Å². The lowest BCUT2D eigenvalue weighted by molar-refractivity contribution is 0.507. The van der Waals surface area contributed by atoms with E-state index in [1.54, 1.807) is 0 Å². The number of fused-ring (bicyclic) bond motifs is 1. The maximum Gasteiger partial charge on any atom is 0.248 e. The Bertz CT molecular complexity index is 686. The van der Waals surface area contributed by atoms with Gasteiger partial charge in [-0.15, -0.1) is 21.8 Å². The molecule has 0 aliphatic rings. The molecule has 4 heteroatoms. The molecule has 0 aliphatic carbocycles. The number of nitrogens with zero attached hydrogens (tertiary/aromatic N) is 2. The summed E-state index contributed by atoms with van der Waals surface area (Å²) in [6.07, 6.45) is 0. The van der Waals surface area contributed by atoms with E-state index in [1.807, 2.05) is 37.3 Å². The lowest BCUT2D eigenvalue weighted by Gasteiger charge is -2.01.